The third-order valence-corrected chi connectivity index (χ3v) is 5.39. The van der Waals surface area contributed by atoms with E-state index in [0.717, 1.165) is 32.5 Å². The van der Waals surface area contributed by atoms with Gasteiger partial charge >= 0.3 is 0 Å². The van der Waals surface area contributed by atoms with Gasteiger partial charge in [0.25, 0.3) is 5.91 Å². The SMILES string of the molecule is Cc1cc(C)nc(NC(c2ccccn2)c2cc(C)sc2NC(=O)c2ccco2)n1. The molecule has 30 heavy (non-hydrogen) atoms. The number of thiophene rings is 1. The van der Waals surface area contributed by atoms with Crippen LogP contribution < -0.4 is 10.6 Å². The maximum Gasteiger partial charge on any atom is 0.291 e. The Balaban J connectivity index is 1.73. The largest absolute Gasteiger partial charge is 0.459 e. The number of aryl methyl sites for hydroxylation is 3. The van der Waals surface area contributed by atoms with Gasteiger partial charge in [-0.2, -0.15) is 0 Å². The Morgan fingerprint density at radius 1 is 1.07 bits per heavy atom. The van der Waals surface area contributed by atoms with E-state index in [9.17, 15) is 4.79 Å². The average Bonchev–Trinajstić information content (AvgIpc) is 3.36. The van der Waals surface area contributed by atoms with Gasteiger partial charge in [-0.05, 0) is 57.2 Å². The first-order valence-electron chi connectivity index (χ1n) is 9.44. The molecule has 1 amide bonds. The van der Waals surface area contributed by atoms with Crippen LogP contribution in [-0.2, 0) is 0 Å². The highest BCUT2D eigenvalue weighted by atomic mass is 32.1. The number of nitrogens with zero attached hydrogens (tertiary/aromatic N) is 3. The van der Waals surface area contributed by atoms with Crippen LogP contribution in [0.5, 0.6) is 0 Å². The van der Waals surface area contributed by atoms with Crippen molar-refractivity contribution in [3.8, 4) is 0 Å². The van der Waals surface area contributed by atoms with Gasteiger partial charge in [-0.1, -0.05) is 6.07 Å². The summed E-state index contributed by atoms with van der Waals surface area (Å²) in [5, 5.41) is 7.10. The van der Waals surface area contributed by atoms with E-state index in [2.05, 4.69) is 25.6 Å². The topological polar surface area (TPSA) is 92.9 Å². The number of carbonyl (C=O) groups is 1. The lowest BCUT2D eigenvalue weighted by Crippen LogP contribution is -2.18. The molecular weight excluding hydrogens is 398 g/mol. The second-order valence-corrected chi connectivity index (χ2v) is 8.14. The summed E-state index contributed by atoms with van der Waals surface area (Å²) in [6.07, 6.45) is 3.22. The molecule has 152 valence electrons. The number of pyridine rings is 1. The zero-order chi connectivity index (χ0) is 21.1. The second kappa shape index (κ2) is 8.46. The first kappa shape index (κ1) is 19.8. The van der Waals surface area contributed by atoms with Gasteiger partial charge in [0, 0.05) is 28.0 Å². The number of nitrogens with one attached hydrogen (secondary N) is 2. The highest BCUT2D eigenvalue weighted by molar-refractivity contribution is 7.16. The summed E-state index contributed by atoms with van der Waals surface area (Å²) in [5.74, 6) is 0.466. The molecule has 0 saturated heterocycles. The van der Waals surface area contributed by atoms with Crippen LogP contribution in [0.15, 0.2) is 59.3 Å². The van der Waals surface area contributed by atoms with Crippen LogP contribution in [0.4, 0.5) is 10.9 Å². The second-order valence-electron chi connectivity index (χ2n) is 6.88. The van der Waals surface area contributed by atoms with Gasteiger partial charge in [0.05, 0.1) is 18.0 Å². The minimum atomic E-state index is -0.343. The lowest BCUT2D eigenvalue weighted by Gasteiger charge is -2.20. The van der Waals surface area contributed by atoms with Crippen molar-refractivity contribution in [2.24, 2.45) is 0 Å². The van der Waals surface area contributed by atoms with E-state index in [1.807, 2.05) is 51.1 Å². The summed E-state index contributed by atoms with van der Waals surface area (Å²) < 4.78 is 5.23. The Labute approximate surface area is 178 Å². The number of hydrogen-bond acceptors (Lipinski definition) is 7. The van der Waals surface area contributed by atoms with Gasteiger partial charge in [-0.25, -0.2) is 9.97 Å². The van der Waals surface area contributed by atoms with E-state index < -0.39 is 0 Å². The smallest absolute Gasteiger partial charge is 0.291 e. The summed E-state index contributed by atoms with van der Waals surface area (Å²) in [7, 11) is 0. The fourth-order valence-corrected chi connectivity index (χ4v) is 4.14. The summed E-state index contributed by atoms with van der Waals surface area (Å²) in [6, 6.07) is 12.7. The molecule has 7 nitrogen and oxygen atoms in total. The molecular formula is C22H21N5O2S. The molecule has 0 saturated carbocycles. The highest BCUT2D eigenvalue weighted by Crippen LogP contribution is 2.36. The number of furan rings is 1. The van der Waals surface area contributed by atoms with Crippen molar-refractivity contribution in [3.63, 3.8) is 0 Å². The van der Waals surface area contributed by atoms with Crippen molar-refractivity contribution < 1.29 is 9.21 Å². The molecule has 0 spiro atoms. The first-order chi connectivity index (χ1) is 14.5. The van der Waals surface area contributed by atoms with Crippen molar-refractivity contribution >= 4 is 28.2 Å². The minimum absolute atomic E-state index is 0.256. The van der Waals surface area contributed by atoms with Gasteiger partial charge in [-0.15, -0.1) is 11.3 Å². The Morgan fingerprint density at radius 2 is 1.87 bits per heavy atom. The summed E-state index contributed by atoms with van der Waals surface area (Å²) >= 11 is 1.50. The van der Waals surface area contributed by atoms with E-state index >= 15 is 0 Å². The van der Waals surface area contributed by atoms with E-state index in [4.69, 9.17) is 4.42 Å². The quantitative estimate of drug-likeness (QED) is 0.461. The summed E-state index contributed by atoms with van der Waals surface area (Å²) in [5.41, 5.74) is 3.43. The zero-order valence-corrected chi connectivity index (χ0v) is 17.7. The predicted molar refractivity (Wildman–Crippen MR) is 117 cm³/mol. The Kier molecular flexibility index (Phi) is 5.58. The number of aromatic nitrogens is 3. The Hall–Kier alpha value is -3.52. The summed E-state index contributed by atoms with van der Waals surface area (Å²) in [4.78, 5) is 27.2. The molecule has 0 bridgehead atoms. The standard InChI is InChI=1S/C22H21N5O2S/c1-13-11-14(2)25-22(24-13)26-19(17-7-4-5-9-23-17)16-12-15(3)30-21(16)27-20(28)18-8-6-10-29-18/h4-12,19H,1-3H3,(H,27,28)(H,24,25,26). The molecule has 0 aliphatic rings. The molecule has 4 aromatic heterocycles. The molecule has 1 unspecified atom stereocenters. The minimum Gasteiger partial charge on any atom is -0.459 e. The van der Waals surface area contributed by atoms with Gasteiger partial charge in [0.15, 0.2) is 5.76 Å². The molecule has 0 fully saturated rings. The lowest BCUT2D eigenvalue weighted by atomic mass is 10.0. The molecule has 0 aliphatic carbocycles. The van der Waals surface area contributed by atoms with Crippen molar-refractivity contribution in [2.45, 2.75) is 26.8 Å². The van der Waals surface area contributed by atoms with Crippen LogP contribution in [0.1, 0.15) is 44.1 Å². The van der Waals surface area contributed by atoms with E-state index in [0.29, 0.717) is 5.95 Å². The van der Waals surface area contributed by atoms with Crippen molar-refractivity contribution in [1.29, 1.82) is 0 Å². The Morgan fingerprint density at radius 3 is 2.53 bits per heavy atom. The van der Waals surface area contributed by atoms with Crippen LogP contribution in [-0.4, -0.2) is 20.9 Å². The van der Waals surface area contributed by atoms with Crippen LogP contribution >= 0.6 is 11.3 Å². The van der Waals surface area contributed by atoms with Crippen LogP contribution in [0.2, 0.25) is 0 Å². The maximum absolute atomic E-state index is 12.6. The molecule has 0 aromatic carbocycles. The average molecular weight is 420 g/mol. The Bertz CT molecular complexity index is 1140. The molecule has 0 radical (unpaired) electrons. The van der Waals surface area contributed by atoms with Crippen molar-refractivity contribution in [2.75, 3.05) is 10.6 Å². The highest BCUT2D eigenvalue weighted by Gasteiger charge is 2.24. The monoisotopic (exact) mass is 419 g/mol. The molecule has 4 rings (SSSR count). The number of rotatable bonds is 6. The number of amides is 1. The third kappa shape index (κ3) is 4.38. The number of carbonyl (C=O) groups excluding carboxylic acids is 1. The van der Waals surface area contributed by atoms with E-state index in [-0.39, 0.29) is 17.7 Å². The maximum atomic E-state index is 12.6. The number of hydrogen-bond donors (Lipinski definition) is 2. The number of anilines is 2. The van der Waals surface area contributed by atoms with Gasteiger partial charge in [0.1, 0.15) is 5.00 Å². The fraction of sp³-hybridized carbons (Fsp3) is 0.182. The first-order valence-corrected chi connectivity index (χ1v) is 10.3. The predicted octanol–water partition coefficient (Wildman–Crippen LogP) is 4.91. The van der Waals surface area contributed by atoms with Gasteiger partial charge in [0.2, 0.25) is 5.95 Å². The molecule has 2 N–H and O–H groups in total. The van der Waals surface area contributed by atoms with Crippen LogP contribution in [0.3, 0.4) is 0 Å². The van der Waals surface area contributed by atoms with E-state index in [1.165, 1.54) is 17.6 Å². The van der Waals surface area contributed by atoms with Gasteiger partial charge in [-0.3, -0.25) is 9.78 Å². The molecule has 4 aromatic rings. The van der Waals surface area contributed by atoms with Crippen LogP contribution in [0.25, 0.3) is 0 Å². The van der Waals surface area contributed by atoms with Crippen molar-refractivity contribution in [3.05, 3.63) is 88.2 Å². The lowest BCUT2D eigenvalue weighted by molar-refractivity contribution is 0.0997. The molecule has 1 atom stereocenters. The van der Waals surface area contributed by atoms with Crippen LogP contribution in [0, 0.1) is 20.8 Å². The summed E-state index contributed by atoms with van der Waals surface area (Å²) in [6.45, 7) is 5.86. The normalized spacial score (nSPS) is 11.8. The molecule has 0 aliphatic heterocycles. The van der Waals surface area contributed by atoms with Crippen molar-refractivity contribution in [1.82, 2.24) is 15.0 Å². The van der Waals surface area contributed by atoms with E-state index in [1.54, 1.807) is 18.3 Å². The third-order valence-electron chi connectivity index (χ3n) is 4.41. The fourth-order valence-electron chi connectivity index (χ4n) is 3.20. The van der Waals surface area contributed by atoms with Gasteiger partial charge < -0.3 is 15.1 Å². The molecule has 8 heteroatoms. The zero-order valence-electron chi connectivity index (χ0n) is 16.8. The molecule has 4 heterocycles.